The molecule has 9 nitrogen and oxygen atoms in total. The van der Waals surface area contributed by atoms with Crippen molar-refractivity contribution in [2.24, 2.45) is 0 Å². The Morgan fingerprint density at radius 2 is 1.67 bits per heavy atom. The first-order chi connectivity index (χ1) is 15.8. The summed E-state index contributed by atoms with van der Waals surface area (Å²) in [6.45, 7) is 5.60. The highest BCUT2D eigenvalue weighted by atomic mass is 16.2. The molecule has 0 saturated heterocycles. The number of hydrogen-bond donors (Lipinski definition) is 2. The van der Waals surface area contributed by atoms with Crippen LogP contribution in [-0.4, -0.2) is 37.0 Å². The molecule has 0 bridgehead atoms. The highest BCUT2D eigenvalue weighted by molar-refractivity contribution is 5.91. The zero-order chi connectivity index (χ0) is 23.5. The highest BCUT2D eigenvalue weighted by Gasteiger charge is 2.18. The molecule has 0 aliphatic rings. The van der Waals surface area contributed by atoms with Crippen molar-refractivity contribution >= 4 is 34.2 Å². The average Bonchev–Trinajstić information content (AvgIpc) is 3.21. The maximum Gasteiger partial charge on any atom is 0.297 e. The summed E-state index contributed by atoms with van der Waals surface area (Å²) in [6.07, 6.45) is 0.566. The van der Waals surface area contributed by atoms with Crippen molar-refractivity contribution < 1.29 is 9.59 Å². The Morgan fingerprint density at radius 1 is 0.970 bits per heavy atom. The topological polar surface area (TPSA) is 110 Å². The quantitative estimate of drug-likeness (QED) is 0.453. The first-order valence-corrected chi connectivity index (χ1v) is 10.8. The van der Waals surface area contributed by atoms with E-state index in [-0.39, 0.29) is 36.5 Å². The van der Waals surface area contributed by atoms with Gasteiger partial charge in [0.15, 0.2) is 0 Å². The van der Waals surface area contributed by atoms with Crippen LogP contribution in [0, 0.1) is 6.92 Å². The summed E-state index contributed by atoms with van der Waals surface area (Å²) in [5.74, 6) is 0.112. The number of nitrogens with one attached hydrogen (secondary N) is 2. The van der Waals surface area contributed by atoms with Gasteiger partial charge in [0.2, 0.25) is 17.5 Å². The van der Waals surface area contributed by atoms with Gasteiger partial charge < -0.3 is 10.6 Å². The van der Waals surface area contributed by atoms with Gasteiger partial charge in [0.05, 0.1) is 11.0 Å². The van der Waals surface area contributed by atoms with Crippen LogP contribution in [0.25, 0.3) is 16.7 Å². The standard InChI is InChI=1S/C24H26N6O3/c1-15(2)25-21(31)13-12-20-27-28-23-24(33)29(18-6-4-5-7-19(18)30(20)23)14-22(32)26-17-10-8-16(3)9-11-17/h4-11,15H,12-14H2,1-3H3,(H,25,31)(H,26,32). The molecule has 170 valence electrons. The summed E-state index contributed by atoms with van der Waals surface area (Å²) < 4.78 is 3.08. The van der Waals surface area contributed by atoms with E-state index in [0.717, 1.165) is 5.56 Å². The molecule has 2 aromatic carbocycles. The van der Waals surface area contributed by atoms with Crippen LogP contribution < -0.4 is 16.2 Å². The normalized spacial score (nSPS) is 11.3. The lowest BCUT2D eigenvalue weighted by atomic mass is 10.2. The van der Waals surface area contributed by atoms with E-state index in [4.69, 9.17) is 0 Å². The molecule has 0 aliphatic heterocycles. The van der Waals surface area contributed by atoms with E-state index in [2.05, 4.69) is 20.8 Å². The van der Waals surface area contributed by atoms with Gasteiger partial charge in [0.1, 0.15) is 12.4 Å². The van der Waals surface area contributed by atoms with Crippen molar-refractivity contribution in [2.45, 2.75) is 46.2 Å². The second-order valence-electron chi connectivity index (χ2n) is 8.29. The number of carbonyl (C=O) groups is 2. The number of anilines is 1. The number of hydrogen-bond acceptors (Lipinski definition) is 5. The van der Waals surface area contributed by atoms with Crippen LogP contribution in [0.1, 0.15) is 31.7 Å². The van der Waals surface area contributed by atoms with Crippen LogP contribution in [0.5, 0.6) is 0 Å². The molecule has 2 amide bonds. The predicted molar refractivity (Wildman–Crippen MR) is 126 cm³/mol. The molecular formula is C24H26N6O3. The second kappa shape index (κ2) is 9.23. The molecule has 0 saturated carbocycles. The molecule has 0 atom stereocenters. The Kier molecular flexibility index (Phi) is 6.21. The number of aromatic nitrogens is 4. The minimum absolute atomic E-state index is 0.0479. The zero-order valence-corrected chi connectivity index (χ0v) is 18.8. The van der Waals surface area contributed by atoms with Crippen molar-refractivity contribution in [3.05, 3.63) is 70.3 Å². The Labute approximate surface area is 190 Å². The van der Waals surface area contributed by atoms with E-state index in [1.165, 1.54) is 4.57 Å². The molecule has 2 N–H and O–H groups in total. The van der Waals surface area contributed by atoms with Crippen molar-refractivity contribution in [3.8, 4) is 0 Å². The predicted octanol–water partition coefficient (Wildman–Crippen LogP) is 2.45. The number of benzene rings is 2. The number of fused-ring (bicyclic) bond motifs is 3. The molecule has 0 unspecified atom stereocenters. The van der Waals surface area contributed by atoms with Crippen LogP contribution >= 0.6 is 0 Å². The van der Waals surface area contributed by atoms with E-state index in [1.54, 1.807) is 10.5 Å². The number of rotatable bonds is 7. The van der Waals surface area contributed by atoms with Crippen LogP contribution in [0.3, 0.4) is 0 Å². The Hall–Kier alpha value is -4.01. The molecule has 9 heteroatoms. The van der Waals surface area contributed by atoms with Crippen molar-refractivity contribution in [3.63, 3.8) is 0 Å². The second-order valence-corrected chi connectivity index (χ2v) is 8.29. The summed E-state index contributed by atoms with van der Waals surface area (Å²) in [5, 5.41) is 13.9. The van der Waals surface area contributed by atoms with Crippen molar-refractivity contribution in [2.75, 3.05) is 5.32 Å². The van der Waals surface area contributed by atoms with Gasteiger partial charge in [0.25, 0.3) is 5.56 Å². The fraction of sp³-hybridized carbons (Fsp3) is 0.292. The monoisotopic (exact) mass is 446 g/mol. The smallest absolute Gasteiger partial charge is 0.297 e. The van der Waals surface area contributed by atoms with E-state index in [9.17, 15) is 14.4 Å². The zero-order valence-electron chi connectivity index (χ0n) is 18.8. The van der Waals surface area contributed by atoms with Crippen LogP contribution in [0.4, 0.5) is 5.69 Å². The lowest BCUT2D eigenvalue weighted by Crippen LogP contribution is -2.30. The molecule has 0 spiro atoms. The first-order valence-electron chi connectivity index (χ1n) is 10.8. The van der Waals surface area contributed by atoms with E-state index >= 15 is 0 Å². The number of carbonyl (C=O) groups excluding carboxylic acids is 2. The average molecular weight is 447 g/mol. The molecule has 4 rings (SSSR count). The Balaban J connectivity index is 1.68. The van der Waals surface area contributed by atoms with Crippen molar-refractivity contribution in [1.29, 1.82) is 0 Å². The summed E-state index contributed by atoms with van der Waals surface area (Å²) in [7, 11) is 0. The Morgan fingerprint density at radius 3 is 2.36 bits per heavy atom. The molecule has 4 aromatic rings. The number of amides is 2. The maximum atomic E-state index is 13.3. The van der Waals surface area contributed by atoms with Crippen LogP contribution in [0.15, 0.2) is 53.3 Å². The minimum atomic E-state index is -0.418. The van der Waals surface area contributed by atoms with E-state index in [0.29, 0.717) is 29.0 Å². The van der Waals surface area contributed by atoms with Gasteiger partial charge >= 0.3 is 0 Å². The number of aryl methyl sites for hydroxylation is 2. The van der Waals surface area contributed by atoms with Gasteiger partial charge in [-0.15, -0.1) is 10.2 Å². The van der Waals surface area contributed by atoms with E-state index < -0.39 is 5.56 Å². The fourth-order valence-corrected chi connectivity index (χ4v) is 3.74. The van der Waals surface area contributed by atoms with Crippen molar-refractivity contribution in [1.82, 2.24) is 24.5 Å². The van der Waals surface area contributed by atoms with Gasteiger partial charge in [-0.1, -0.05) is 29.8 Å². The van der Waals surface area contributed by atoms with Gasteiger partial charge in [-0.05, 0) is 45.0 Å². The maximum absolute atomic E-state index is 13.3. The third-order valence-corrected chi connectivity index (χ3v) is 5.24. The largest absolute Gasteiger partial charge is 0.354 e. The van der Waals surface area contributed by atoms with Gasteiger partial charge in [0, 0.05) is 24.6 Å². The molecule has 33 heavy (non-hydrogen) atoms. The molecule has 2 heterocycles. The molecule has 0 fully saturated rings. The summed E-state index contributed by atoms with van der Waals surface area (Å²) in [4.78, 5) is 38.0. The summed E-state index contributed by atoms with van der Waals surface area (Å²) in [6, 6.07) is 14.8. The SMILES string of the molecule is Cc1ccc(NC(=O)Cn2c(=O)c3nnc(CCC(=O)NC(C)C)n3c3ccccc32)cc1. The molecule has 2 aromatic heterocycles. The minimum Gasteiger partial charge on any atom is -0.354 e. The first kappa shape index (κ1) is 22.2. The highest BCUT2D eigenvalue weighted by Crippen LogP contribution is 2.17. The lowest BCUT2D eigenvalue weighted by molar-refractivity contribution is -0.121. The Bertz CT molecular complexity index is 1390. The molecular weight excluding hydrogens is 420 g/mol. The third kappa shape index (κ3) is 4.77. The summed E-state index contributed by atoms with van der Waals surface area (Å²) in [5.41, 5.74) is 2.73. The third-order valence-electron chi connectivity index (χ3n) is 5.24. The van der Waals surface area contributed by atoms with Gasteiger partial charge in [-0.25, -0.2) is 0 Å². The molecule has 0 radical (unpaired) electrons. The van der Waals surface area contributed by atoms with E-state index in [1.807, 2.05) is 63.2 Å². The number of para-hydroxylation sites is 2. The number of nitrogens with zero attached hydrogens (tertiary/aromatic N) is 4. The van der Waals surface area contributed by atoms with Crippen LogP contribution in [-0.2, 0) is 22.6 Å². The summed E-state index contributed by atoms with van der Waals surface area (Å²) >= 11 is 0. The fourth-order valence-electron chi connectivity index (χ4n) is 3.74. The van der Waals surface area contributed by atoms with Gasteiger partial charge in [-0.2, -0.15) is 0 Å². The lowest BCUT2D eigenvalue weighted by Gasteiger charge is -2.13. The van der Waals surface area contributed by atoms with Gasteiger partial charge in [-0.3, -0.25) is 23.4 Å². The molecule has 0 aliphatic carbocycles. The van der Waals surface area contributed by atoms with Crippen LogP contribution in [0.2, 0.25) is 0 Å².